The van der Waals surface area contributed by atoms with Gasteiger partial charge < -0.3 is 25.3 Å². The van der Waals surface area contributed by atoms with Crippen molar-refractivity contribution in [2.75, 3.05) is 38.0 Å². The van der Waals surface area contributed by atoms with Crippen molar-refractivity contribution >= 4 is 40.1 Å². The molecule has 1 saturated heterocycles. The molecule has 2 aromatic heterocycles. The van der Waals surface area contributed by atoms with Crippen molar-refractivity contribution in [2.45, 2.75) is 25.4 Å². The van der Waals surface area contributed by atoms with Crippen LogP contribution in [0, 0.1) is 0 Å². The van der Waals surface area contributed by atoms with E-state index in [2.05, 4.69) is 25.2 Å². The number of H-pyrrole nitrogens is 2. The molecule has 2 aliphatic rings. The molecule has 0 radical (unpaired) electrons. The number of carbonyl (C=O) groups excluding carboxylic acids is 2. The molecule has 40 heavy (non-hydrogen) atoms. The molecule has 11 heteroatoms. The van der Waals surface area contributed by atoms with Gasteiger partial charge in [-0.1, -0.05) is 23.7 Å². The van der Waals surface area contributed by atoms with Crippen LogP contribution in [0.5, 0.6) is 0 Å². The van der Waals surface area contributed by atoms with Gasteiger partial charge in [-0.2, -0.15) is 0 Å². The first-order valence-electron chi connectivity index (χ1n) is 13.4. The summed E-state index contributed by atoms with van der Waals surface area (Å²) < 4.78 is 0. The first-order valence-corrected chi connectivity index (χ1v) is 13.8. The number of aliphatic hydroxyl groups excluding tert-OH is 1. The number of benzene rings is 2. The molecule has 1 fully saturated rings. The van der Waals surface area contributed by atoms with E-state index in [0.717, 1.165) is 26.1 Å². The Labute approximate surface area is 235 Å². The third-order valence-electron chi connectivity index (χ3n) is 7.54. The molecule has 4 N–H and O–H groups in total. The fourth-order valence-corrected chi connectivity index (χ4v) is 5.67. The van der Waals surface area contributed by atoms with Gasteiger partial charge in [-0.25, -0.2) is 4.98 Å². The number of hydrogen-bond donors (Lipinski definition) is 4. The number of aromatic nitrogens is 3. The van der Waals surface area contributed by atoms with Crippen LogP contribution in [-0.4, -0.2) is 74.4 Å². The predicted molar refractivity (Wildman–Crippen MR) is 153 cm³/mol. The van der Waals surface area contributed by atoms with E-state index in [1.165, 1.54) is 23.9 Å². The van der Waals surface area contributed by atoms with Crippen molar-refractivity contribution in [3.8, 4) is 11.4 Å². The van der Waals surface area contributed by atoms with Crippen LogP contribution < -0.4 is 10.9 Å². The number of nitrogens with one attached hydrogen (secondary N) is 3. The van der Waals surface area contributed by atoms with Crippen LogP contribution in [0.1, 0.15) is 51.6 Å². The Hall–Kier alpha value is -3.99. The number of fused-ring (bicyclic) bond motifs is 2. The molecule has 2 amide bonds. The van der Waals surface area contributed by atoms with E-state index < -0.39 is 6.10 Å². The van der Waals surface area contributed by atoms with Crippen molar-refractivity contribution in [3.05, 3.63) is 80.7 Å². The number of hydrogen-bond acceptors (Lipinski definition) is 7. The van der Waals surface area contributed by atoms with Crippen molar-refractivity contribution in [1.29, 1.82) is 0 Å². The lowest BCUT2D eigenvalue weighted by atomic mass is 10.1. The summed E-state index contributed by atoms with van der Waals surface area (Å²) in [5.41, 5.74) is 2.64. The van der Waals surface area contributed by atoms with Crippen LogP contribution in [0.3, 0.4) is 0 Å². The first kappa shape index (κ1) is 26.2. The van der Waals surface area contributed by atoms with Gasteiger partial charge in [0.25, 0.3) is 17.4 Å². The normalized spacial score (nSPS) is 16.2. The van der Waals surface area contributed by atoms with Crippen molar-refractivity contribution in [1.82, 2.24) is 24.8 Å². The summed E-state index contributed by atoms with van der Waals surface area (Å²) in [4.78, 5) is 53.2. The minimum atomic E-state index is -0.861. The molecule has 4 aromatic rings. The molecule has 0 aliphatic carbocycles. The maximum absolute atomic E-state index is 13.1. The highest BCUT2D eigenvalue weighted by Gasteiger charge is 2.36. The quantitative estimate of drug-likeness (QED) is 0.229. The van der Waals surface area contributed by atoms with E-state index in [-0.39, 0.29) is 35.3 Å². The predicted octanol–water partition coefficient (Wildman–Crippen LogP) is 3.80. The van der Waals surface area contributed by atoms with Gasteiger partial charge in [-0.05, 0) is 74.8 Å². The second kappa shape index (κ2) is 10.9. The van der Waals surface area contributed by atoms with Crippen LogP contribution in [0.15, 0.2) is 53.5 Å². The average Bonchev–Trinajstić information content (AvgIpc) is 3.66. The molecule has 0 unspecified atom stereocenters. The van der Waals surface area contributed by atoms with Crippen LogP contribution in [0.4, 0.5) is 5.69 Å². The van der Waals surface area contributed by atoms with Gasteiger partial charge in [-0.15, -0.1) is 0 Å². The highest BCUT2D eigenvalue weighted by Crippen LogP contribution is 2.30. The molecule has 1 atom stereocenters. The highest BCUT2D eigenvalue weighted by atomic mass is 35.5. The summed E-state index contributed by atoms with van der Waals surface area (Å²) in [5.74, 6) is -0.347. The molecular weight excluding hydrogens is 532 g/mol. The number of aromatic amines is 2. The summed E-state index contributed by atoms with van der Waals surface area (Å²) in [6.45, 7) is 3.53. The van der Waals surface area contributed by atoms with Gasteiger partial charge in [0.05, 0.1) is 34.0 Å². The highest BCUT2D eigenvalue weighted by molar-refractivity contribution is 6.30. The number of amides is 2. The molecule has 0 bridgehead atoms. The maximum atomic E-state index is 13.1. The van der Waals surface area contributed by atoms with Crippen molar-refractivity contribution in [3.63, 3.8) is 0 Å². The molecular formula is C29H29ClN6O4. The van der Waals surface area contributed by atoms with Gasteiger partial charge in [-0.3, -0.25) is 19.3 Å². The smallest absolute Gasteiger partial charge is 0.261 e. The zero-order valence-corrected chi connectivity index (χ0v) is 22.5. The Morgan fingerprint density at radius 1 is 1.02 bits per heavy atom. The molecule has 0 saturated carbocycles. The monoisotopic (exact) mass is 560 g/mol. The van der Waals surface area contributed by atoms with Gasteiger partial charge >= 0.3 is 0 Å². The number of anilines is 1. The molecule has 206 valence electrons. The minimum absolute atomic E-state index is 0.127. The third kappa shape index (κ3) is 5.01. The molecule has 2 aromatic carbocycles. The van der Waals surface area contributed by atoms with Crippen LogP contribution >= 0.6 is 11.6 Å². The molecule has 2 aliphatic heterocycles. The number of aliphatic hydroxyl groups is 1. The largest absolute Gasteiger partial charge is 0.387 e. The number of halogens is 1. The van der Waals surface area contributed by atoms with E-state index in [1.54, 1.807) is 42.5 Å². The number of nitrogens with zero attached hydrogens (tertiary/aromatic N) is 3. The minimum Gasteiger partial charge on any atom is -0.387 e. The zero-order chi connectivity index (χ0) is 27.8. The fourth-order valence-electron chi connectivity index (χ4n) is 5.47. The van der Waals surface area contributed by atoms with Crippen molar-refractivity contribution in [2.24, 2.45) is 0 Å². The zero-order valence-electron chi connectivity index (χ0n) is 21.7. The summed E-state index contributed by atoms with van der Waals surface area (Å²) in [6, 6.07) is 11.9. The second-order valence-corrected chi connectivity index (χ2v) is 10.6. The summed E-state index contributed by atoms with van der Waals surface area (Å²) in [5, 5.41) is 14.3. The molecule has 4 heterocycles. The van der Waals surface area contributed by atoms with Gasteiger partial charge in [0.15, 0.2) is 0 Å². The van der Waals surface area contributed by atoms with Crippen LogP contribution in [-0.2, 0) is 0 Å². The number of likely N-dealkylation sites (tertiary alicyclic amines) is 1. The van der Waals surface area contributed by atoms with Gasteiger partial charge in [0.2, 0.25) is 0 Å². The summed E-state index contributed by atoms with van der Waals surface area (Å²) >= 11 is 6.04. The van der Waals surface area contributed by atoms with Gasteiger partial charge in [0.1, 0.15) is 11.4 Å². The maximum Gasteiger partial charge on any atom is 0.261 e. The topological polar surface area (TPSA) is 134 Å². The molecule has 0 spiro atoms. The van der Waals surface area contributed by atoms with E-state index in [0.29, 0.717) is 45.0 Å². The van der Waals surface area contributed by atoms with Crippen LogP contribution in [0.2, 0.25) is 5.02 Å². The van der Waals surface area contributed by atoms with Gasteiger partial charge in [0, 0.05) is 24.3 Å². The lowest BCUT2D eigenvalue weighted by Crippen LogP contribution is -2.33. The number of rotatable bonds is 9. The Morgan fingerprint density at radius 2 is 1.80 bits per heavy atom. The third-order valence-corrected chi connectivity index (χ3v) is 7.78. The standard InChI is InChI=1S/C29H29ClN6O4/c30-18-6-3-5-17(13-18)24(37)16-32-21-7-8-31-27(38)25(21)26-33-22-14-19-20(15-23(22)34-26)29(40)36(28(19)39)12-4-11-35-9-1-2-10-35/h3,5-8,13-15,24,37H,1-2,4,9-12,16H2,(H,33,34)(H2,31,32,38)/t24-/m1/s1. The Morgan fingerprint density at radius 3 is 2.58 bits per heavy atom. The Kier molecular flexibility index (Phi) is 7.14. The van der Waals surface area contributed by atoms with Crippen LogP contribution in [0.25, 0.3) is 22.4 Å². The Bertz CT molecular complexity index is 1610. The van der Waals surface area contributed by atoms with E-state index in [9.17, 15) is 19.5 Å². The lowest BCUT2D eigenvalue weighted by molar-refractivity contribution is 0.0648. The first-order chi connectivity index (χ1) is 19.4. The van der Waals surface area contributed by atoms with E-state index >= 15 is 0 Å². The van der Waals surface area contributed by atoms with E-state index in [1.807, 2.05) is 0 Å². The van der Waals surface area contributed by atoms with E-state index in [4.69, 9.17) is 11.6 Å². The number of pyridine rings is 1. The molecule has 10 nitrogen and oxygen atoms in total. The second-order valence-electron chi connectivity index (χ2n) is 10.2. The summed E-state index contributed by atoms with van der Waals surface area (Å²) in [6.07, 6.45) is 3.79. The number of carbonyl (C=O) groups is 2. The fraction of sp³-hybridized carbons (Fsp3) is 0.310. The Balaban J connectivity index is 1.22. The molecule has 6 rings (SSSR count). The number of imide groups is 1. The average molecular weight is 561 g/mol. The summed E-state index contributed by atoms with van der Waals surface area (Å²) in [7, 11) is 0. The van der Waals surface area contributed by atoms with Crippen molar-refractivity contribution < 1.29 is 14.7 Å². The number of imidazole rings is 1. The lowest BCUT2D eigenvalue weighted by Gasteiger charge is -2.17. The SMILES string of the molecule is O=C1c2cc3nc(-c4c(NC[C@@H](O)c5cccc(Cl)c5)cc[nH]c4=O)[nH]c3cc2C(=O)N1CCCN1CCCC1.